The van der Waals surface area contributed by atoms with Gasteiger partial charge in [-0.3, -0.25) is 9.59 Å². The van der Waals surface area contributed by atoms with Gasteiger partial charge in [-0.15, -0.1) is 0 Å². The average Bonchev–Trinajstić information content (AvgIpc) is 2.71. The molecule has 0 spiro atoms. The molecule has 2 aromatic rings. The lowest BCUT2D eigenvalue weighted by Gasteiger charge is -2.29. The van der Waals surface area contributed by atoms with Crippen LogP contribution in [0.3, 0.4) is 0 Å². The van der Waals surface area contributed by atoms with Gasteiger partial charge >= 0.3 is 0 Å². The highest BCUT2D eigenvalue weighted by atomic mass is 19.1. The first-order valence-electron chi connectivity index (χ1n) is 10.9. The number of aryl methyl sites for hydroxylation is 2. The second kappa shape index (κ2) is 10.5. The Morgan fingerprint density at radius 3 is 2.19 bits per heavy atom. The van der Waals surface area contributed by atoms with Gasteiger partial charge in [0.15, 0.2) is 13.1 Å². The number of nitrogens with one attached hydrogen (secondary N) is 4. The number of amides is 2. The Morgan fingerprint density at radius 2 is 1.58 bits per heavy atom. The average molecular weight is 429 g/mol. The first-order chi connectivity index (χ1) is 14.8. The van der Waals surface area contributed by atoms with Crippen molar-refractivity contribution in [2.24, 2.45) is 0 Å². The smallest absolute Gasteiger partial charge is 0.279 e. The summed E-state index contributed by atoms with van der Waals surface area (Å²) in [4.78, 5) is 27.1. The van der Waals surface area contributed by atoms with E-state index in [-0.39, 0.29) is 23.7 Å². The number of rotatable bonds is 7. The Balaban J connectivity index is 1.39. The molecule has 0 aromatic heterocycles. The first-order valence-corrected chi connectivity index (χ1v) is 10.9. The molecule has 1 aliphatic rings. The summed E-state index contributed by atoms with van der Waals surface area (Å²) in [6.07, 6.45) is 0. The molecule has 4 N–H and O–H groups in total. The molecule has 31 heavy (non-hydrogen) atoms. The number of carbonyl (C=O) groups is 2. The molecule has 2 aromatic carbocycles. The van der Waals surface area contributed by atoms with Gasteiger partial charge < -0.3 is 20.4 Å². The summed E-state index contributed by atoms with van der Waals surface area (Å²) in [5.41, 5.74) is 4.06. The van der Waals surface area contributed by atoms with E-state index in [1.165, 1.54) is 33.1 Å². The molecule has 0 radical (unpaired) electrons. The summed E-state index contributed by atoms with van der Waals surface area (Å²) in [6, 6.07) is 12.2. The zero-order valence-corrected chi connectivity index (χ0v) is 18.6. The number of halogens is 1. The maximum absolute atomic E-state index is 13.2. The van der Waals surface area contributed by atoms with Gasteiger partial charge in [0.25, 0.3) is 11.8 Å². The van der Waals surface area contributed by atoms with Crippen molar-refractivity contribution in [3.05, 3.63) is 65.0 Å². The van der Waals surface area contributed by atoms with E-state index in [1.807, 2.05) is 6.92 Å². The third-order valence-electron chi connectivity index (χ3n) is 6.00. The molecule has 0 saturated carbocycles. The van der Waals surface area contributed by atoms with Crippen molar-refractivity contribution in [1.82, 2.24) is 5.32 Å². The van der Waals surface area contributed by atoms with Crippen LogP contribution in [-0.2, 0) is 9.59 Å². The highest BCUT2D eigenvalue weighted by molar-refractivity contribution is 5.91. The predicted octanol–water partition coefficient (Wildman–Crippen LogP) is 0.0418. The van der Waals surface area contributed by atoms with Crippen LogP contribution in [0.5, 0.6) is 0 Å². The van der Waals surface area contributed by atoms with E-state index < -0.39 is 0 Å². The molecule has 1 atom stereocenters. The van der Waals surface area contributed by atoms with Crippen molar-refractivity contribution in [3.8, 4) is 0 Å². The number of anilines is 1. The van der Waals surface area contributed by atoms with E-state index in [2.05, 4.69) is 42.7 Å². The van der Waals surface area contributed by atoms with E-state index in [0.717, 1.165) is 31.7 Å². The Kier molecular flexibility index (Phi) is 7.76. The first kappa shape index (κ1) is 22.9. The lowest BCUT2D eigenvalue weighted by atomic mass is 10.0. The fourth-order valence-corrected chi connectivity index (χ4v) is 3.95. The van der Waals surface area contributed by atoms with Gasteiger partial charge in [-0.1, -0.05) is 24.3 Å². The summed E-state index contributed by atoms with van der Waals surface area (Å²) < 4.78 is 13.2. The highest BCUT2D eigenvalue weighted by Gasteiger charge is 2.26. The van der Waals surface area contributed by atoms with Crippen LogP contribution >= 0.6 is 0 Å². The van der Waals surface area contributed by atoms with Gasteiger partial charge in [-0.25, -0.2) is 4.39 Å². The van der Waals surface area contributed by atoms with Crippen LogP contribution < -0.4 is 20.4 Å². The molecule has 0 bridgehead atoms. The number of carbonyl (C=O) groups excluding carboxylic acids is 2. The summed E-state index contributed by atoms with van der Waals surface area (Å²) in [5, 5.41) is 5.85. The van der Waals surface area contributed by atoms with Crippen molar-refractivity contribution < 1.29 is 23.8 Å². The van der Waals surface area contributed by atoms with Crippen LogP contribution in [0.1, 0.15) is 29.7 Å². The van der Waals surface area contributed by atoms with Crippen LogP contribution in [0.2, 0.25) is 0 Å². The Hall–Kier alpha value is -2.77. The quantitative estimate of drug-likeness (QED) is 0.503. The third-order valence-corrected chi connectivity index (χ3v) is 6.00. The maximum Gasteiger partial charge on any atom is 0.279 e. The predicted molar refractivity (Wildman–Crippen MR) is 119 cm³/mol. The molecule has 1 aliphatic heterocycles. The molecule has 1 saturated heterocycles. The molecule has 1 heterocycles. The fourth-order valence-electron chi connectivity index (χ4n) is 3.95. The van der Waals surface area contributed by atoms with Crippen molar-refractivity contribution >= 4 is 17.5 Å². The largest absolute Gasteiger partial charge is 0.345 e. The summed E-state index contributed by atoms with van der Waals surface area (Å²) in [6.45, 7) is 10.3. The lowest BCUT2D eigenvalue weighted by Crippen LogP contribution is -3.28. The van der Waals surface area contributed by atoms with Gasteiger partial charge in [0.05, 0.1) is 6.04 Å². The molecule has 1 fully saturated rings. The number of hydrogen-bond acceptors (Lipinski definition) is 2. The molecule has 3 rings (SSSR count). The second-order valence-electron chi connectivity index (χ2n) is 8.54. The second-order valence-corrected chi connectivity index (χ2v) is 8.54. The Morgan fingerprint density at radius 1 is 0.935 bits per heavy atom. The molecule has 166 valence electrons. The van der Waals surface area contributed by atoms with E-state index in [0.29, 0.717) is 18.8 Å². The van der Waals surface area contributed by atoms with Crippen LogP contribution in [0.4, 0.5) is 10.1 Å². The number of benzene rings is 2. The van der Waals surface area contributed by atoms with Crippen molar-refractivity contribution in [2.75, 3.05) is 44.6 Å². The van der Waals surface area contributed by atoms with Crippen LogP contribution in [0.15, 0.2) is 42.5 Å². The van der Waals surface area contributed by atoms with E-state index in [4.69, 9.17) is 0 Å². The molecule has 6 nitrogen and oxygen atoms in total. The van der Waals surface area contributed by atoms with E-state index in [9.17, 15) is 14.0 Å². The van der Waals surface area contributed by atoms with Crippen molar-refractivity contribution in [2.45, 2.75) is 26.8 Å². The topological polar surface area (TPSA) is 67.1 Å². The molecule has 7 heteroatoms. The summed E-state index contributed by atoms with van der Waals surface area (Å²) >= 11 is 0. The van der Waals surface area contributed by atoms with Gasteiger partial charge in [-0.05, 0) is 55.7 Å². The zero-order chi connectivity index (χ0) is 22.4. The molecule has 2 amide bonds. The number of piperazine rings is 1. The maximum atomic E-state index is 13.2. The zero-order valence-electron chi connectivity index (χ0n) is 18.6. The lowest BCUT2D eigenvalue weighted by molar-refractivity contribution is -1.00. The molecule has 0 aliphatic carbocycles. The summed E-state index contributed by atoms with van der Waals surface area (Å²) in [7, 11) is 0. The number of quaternary nitrogens is 2. The minimum atomic E-state index is -0.368. The third kappa shape index (κ3) is 6.87. The number of hydrogen-bond donors (Lipinski definition) is 4. The highest BCUT2D eigenvalue weighted by Crippen LogP contribution is 2.16. The van der Waals surface area contributed by atoms with Gasteiger partial charge in [0, 0.05) is 5.69 Å². The SMILES string of the molecule is Cc1ccc([C@@H](C)NC(=O)C[NH+]2CC[NH+](CC(=O)Nc3cccc(F)c3)CC2)cc1C. The Labute approximate surface area is 183 Å². The monoisotopic (exact) mass is 428 g/mol. The van der Waals surface area contributed by atoms with Gasteiger partial charge in [-0.2, -0.15) is 0 Å². The van der Waals surface area contributed by atoms with Gasteiger partial charge in [0.1, 0.15) is 32.0 Å². The normalized spacial score (nSPS) is 19.5. The van der Waals surface area contributed by atoms with Gasteiger partial charge in [0.2, 0.25) is 0 Å². The summed E-state index contributed by atoms with van der Waals surface area (Å²) in [5.74, 6) is -0.440. The fraction of sp³-hybridized carbons (Fsp3) is 0.417. The molecular weight excluding hydrogens is 395 g/mol. The van der Waals surface area contributed by atoms with Crippen LogP contribution in [0.25, 0.3) is 0 Å². The molecule has 0 unspecified atom stereocenters. The minimum Gasteiger partial charge on any atom is -0.345 e. The van der Waals surface area contributed by atoms with E-state index in [1.54, 1.807) is 12.1 Å². The van der Waals surface area contributed by atoms with Crippen LogP contribution in [-0.4, -0.2) is 51.1 Å². The van der Waals surface area contributed by atoms with Crippen LogP contribution in [0, 0.1) is 19.7 Å². The standard InChI is InChI=1S/C24H31FN4O2/c1-17-7-8-20(13-18(17)2)19(3)26-23(30)15-28-9-11-29(12-10-28)16-24(31)27-22-6-4-5-21(25)14-22/h4-8,13-14,19H,9-12,15-16H2,1-3H3,(H,26,30)(H,27,31)/p+2/t19-/m1/s1. The van der Waals surface area contributed by atoms with Crippen molar-refractivity contribution in [1.29, 1.82) is 0 Å². The minimum absolute atomic E-state index is 0.0235. The van der Waals surface area contributed by atoms with E-state index >= 15 is 0 Å². The van der Waals surface area contributed by atoms with Crippen molar-refractivity contribution in [3.63, 3.8) is 0 Å². The molecular formula is C24H33FN4O2+2. The Bertz CT molecular complexity index is 926.